The number of halogens is 4. The standard InChI is InChI=1S/C16H8Cl4N2O/c17-10-4-5-15(14(20)7-10)22-16(23)9(8-21)6-11-12(18)2-1-3-13(11)19/h1-7H,(H,22,23)/b9-6+. The number of rotatable bonds is 3. The van der Waals surface area contributed by atoms with Crippen molar-refractivity contribution in [1.82, 2.24) is 0 Å². The summed E-state index contributed by atoms with van der Waals surface area (Å²) in [7, 11) is 0. The van der Waals surface area contributed by atoms with E-state index in [9.17, 15) is 10.1 Å². The van der Waals surface area contributed by atoms with Gasteiger partial charge in [-0.15, -0.1) is 0 Å². The molecule has 0 saturated heterocycles. The molecule has 0 aliphatic rings. The summed E-state index contributed by atoms with van der Waals surface area (Å²) in [6, 6.07) is 11.3. The number of hydrogen-bond acceptors (Lipinski definition) is 2. The van der Waals surface area contributed by atoms with E-state index in [2.05, 4.69) is 5.32 Å². The van der Waals surface area contributed by atoms with Crippen molar-refractivity contribution < 1.29 is 4.79 Å². The van der Waals surface area contributed by atoms with Crippen LogP contribution in [-0.4, -0.2) is 5.91 Å². The maximum absolute atomic E-state index is 12.2. The van der Waals surface area contributed by atoms with Crippen LogP contribution < -0.4 is 5.32 Å². The highest BCUT2D eigenvalue weighted by Gasteiger charge is 2.13. The monoisotopic (exact) mass is 384 g/mol. The van der Waals surface area contributed by atoms with E-state index in [1.807, 2.05) is 6.07 Å². The fourth-order valence-electron chi connectivity index (χ4n) is 1.72. The first-order chi connectivity index (χ1) is 10.9. The van der Waals surface area contributed by atoms with Crippen molar-refractivity contribution in [3.05, 3.63) is 67.6 Å². The van der Waals surface area contributed by atoms with Gasteiger partial charge in [0.15, 0.2) is 0 Å². The Labute approximate surface area is 153 Å². The number of hydrogen-bond donors (Lipinski definition) is 1. The number of carbonyl (C=O) groups excluding carboxylic acids is 1. The van der Waals surface area contributed by atoms with E-state index < -0.39 is 5.91 Å². The Bertz CT molecular complexity index is 820. The molecule has 3 nitrogen and oxygen atoms in total. The van der Waals surface area contributed by atoms with Crippen molar-refractivity contribution in [3.8, 4) is 6.07 Å². The lowest BCUT2D eigenvalue weighted by Gasteiger charge is -2.07. The fraction of sp³-hybridized carbons (Fsp3) is 0. The van der Waals surface area contributed by atoms with Crippen LogP contribution in [-0.2, 0) is 4.79 Å². The summed E-state index contributed by atoms with van der Waals surface area (Å²) in [6.45, 7) is 0. The molecule has 23 heavy (non-hydrogen) atoms. The Kier molecular flexibility index (Phi) is 5.92. The van der Waals surface area contributed by atoms with Gasteiger partial charge in [0.25, 0.3) is 5.91 Å². The molecule has 116 valence electrons. The number of carbonyl (C=O) groups is 1. The zero-order chi connectivity index (χ0) is 17.0. The minimum absolute atomic E-state index is 0.161. The third-order valence-electron chi connectivity index (χ3n) is 2.83. The summed E-state index contributed by atoms with van der Waals surface area (Å²) in [5.74, 6) is -0.632. The first-order valence-electron chi connectivity index (χ1n) is 6.24. The SMILES string of the molecule is N#C/C(=C\c1c(Cl)cccc1Cl)C(=O)Nc1ccc(Cl)cc1Cl. The van der Waals surface area contributed by atoms with Crippen LogP contribution in [0.1, 0.15) is 5.56 Å². The summed E-state index contributed by atoms with van der Waals surface area (Å²) in [5, 5.41) is 13.1. The minimum atomic E-state index is -0.632. The first kappa shape index (κ1) is 17.7. The second kappa shape index (κ2) is 7.72. The van der Waals surface area contributed by atoms with Crippen molar-refractivity contribution in [3.63, 3.8) is 0 Å². The van der Waals surface area contributed by atoms with Crippen LogP contribution in [0, 0.1) is 11.3 Å². The van der Waals surface area contributed by atoms with Crippen LogP contribution in [0.3, 0.4) is 0 Å². The number of nitrogens with one attached hydrogen (secondary N) is 1. The molecule has 0 aromatic heterocycles. The lowest BCUT2D eigenvalue weighted by Crippen LogP contribution is -2.13. The number of benzene rings is 2. The summed E-state index contributed by atoms with van der Waals surface area (Å²) >= 11 is 23.8. The van der Waals surface area contributed by atoms with Gasteiger partial charge in [-0.25, -0.2) is 0 Å². The molecule has 0 heterocycles. The van der Waals surface area contributed by atoms with Crippen molar-refractivity contribution in [1.29, 1.82) is 5.26 Å². The average molecular weight is 386 g/mol. The molecule has 0 atom stereocenters. The molecule has 2 aromatic carbocycles. The lowest BCUT2D eigenvalue weighted by molar-refractivity contribution is -0.112. The third-order valence-corrected chi connectivity index (χ3v) is 4.04. The smallest absolute Gasteiger partial charge is 0.266 e. The van der Waals surface area contributed by atoms with Crippen molar-refractivity contribution in [2.45, 2.75) is 0 Å². The molecule has 1 N–H and O–H groups in total. The molecular weight excluding hydrogens is 378 g/mol. The van der Waals surface area contributed by atoms with E-state index in [1.165, 1.54) is 12.1 Å². The lowest BCUT2D eigenvalue weighted by atomic mass is 10.1. The molecule has 0 unspecified atom stereocenters. The fourth-order valence-corrected chi connectivity index (χ4v) is 2.68. The minimum Gasteiger partial charge on any atom is -0.320 e. The molecule has 0 radical (unpaired) electrons. The van der Waals surface area contributed by atoms with Crippen LogP contribution in [0.4, 0.5) is 5.69 Å². The van der Waals surface area contributed by atoms with Crippen LogP contribution in [0.25, 0.3) is 6.08 Å². The van der Waals surface area contributed by atoms with Crippen molar-refractivity contribution in [2.24, 2.45) is 0 Å². The molecule has 2 rings (SSSR count). The molecule has 1 amide bonds. The maximum atomic E-state index is 12.2. The summed E-state index contributed by atoms with van der Waals surface area (Å²) in [4.78, 5) is 12.2. The predicted molar refractivity (Wildman–Crippen MR) is 95.1 cm³/mol. The Morgan fingerprint density at radius 2 is 1.70 bits per heavy atom. The average Bonchev–Trinajstić information content (AvgIpc) is 2.50. The largest absolute Gasteiger partial charge is 0.320 e. The first-order valence-corrected chi connectivity index (χ1v) is 7.75. The van der Waals surface area contributed by atoms with Gasteiger partial charge in [0.2, 0.25) is 0 Å². The molecular formula is C16H8Cl4N2O. The Hall–Kier alpha value is -1.70. The summed E-state index contributed by atoms with van der Waals surface area (Å²) in [5.41, 5.74) is 0.572. The van der Waals surface area contributed by atoms with Crippen LogP contribution in [0.5, 0.6) is 0 Å². The van der Waals surface area contributed by atoms with Crippen molar-refractivity contribution >= 4 is 64.1 Å². The van der Waals surface area contributed by atoms with E-state index in [4.69, 9.17) is 46.4 Å². The van der Waals surface area contributed by atoms with E-state index in [0.29, 0.717) is 26.3 Å². The number of amides is 1. The van der Waals surface area contributed by atoms with E-state index in [-0.39, 0.29) is 10.6 Å². The Balaban J connectivity index is 2.32. The molecule has 0 aliphatic carbocycles. The number of nitriles is 1. The maximum Gasteiger partial charge on any atom is 0.266 e. The van der Waals surface area contributed by atoms with E-state index in [1.54, 1.807) is 30.3 Å². The Morgan fingerprint density at radius 3 is 2.26 bits per heavy atom. The number of anilines is 1. The van der Waals surface area contributed by atoms with Gasteiger partial charge in [-0.3, -0.25) is 4.79 Å². The van der Waals surface area contributed by atoms with Crippen LogP contribution >= 0.6 is 46.4 Å². The summed E-state index contributed by atoms with van der Waals surface area (Å²) < 4.78 is 0. The third kappa shape index (κ3) is 4.40. The highest BCUT2D eigenvalue weighted by Crippen LogP contribution is 2.28. The quantitative estimate of drug-likeness (QED) is 0.532. The zero-order valence-electron chi connectivity index (χ0n) is 11.4. The normalized spacial score (nSPS) is 11.0. The van der Waals surface area contributed by atoms with Gasteiger partial charge in [-0.2, -0.15) is 5.26 Å². The molecule has 2 aromatic rings. The second-order valence-corrected chi connectivity index (χ2v) is 6.04. The van der Waals surface area contributed by atoms with Gasteiger partial charge in [0.05, 0.1) is 10.7 Å². The molecule has 0 fully saturated rings. The van der Waals surface area contributed by atoms with Gasteiger partial charge in [-0.05, 0) is 36.4 Å². The Morgan fingerprint density at radius 1 is 1.04 bits per heavy atom. The predicted octanol–water partition coefficient (Wildman–Crippen LogP) is 5.85. The highest BCUT2D eigenvalue weighted by molar-refractivity contribution is 6.38. The summed E-state index contributed by atoms with van der Waals surface area (Å²) in [6.07, 6.45) is 1.32. The topological polar surface area (TPSA) is 52.9 Å². The van der Waals surface area contributed by atoms with Crippen molar-refractivity contribution in [2.75, 3.05) is 5.32 Å². The molecule has 0 spiro atoms. The van der Waals surface area contributed by atoms with Gasteiger partial charge in [0.1, 0.15) is 11.6 Å². The molecule has 0 saturated carbocycles. The molecule has 0 aliphatic heterocycles. The van der Waals surface area contributed by atoms with Gasteiger partial charge >= 0.3 is 0 Å². The molecule has 7 heteroatoms. The highest BCUT2D eigenvalue weighted by atomic mass is 35.5. The van der Waals surface area contributed by atoms with E-state index >= 15 is 0 Å². The number of nitrogens with zero attached hydrogens (tertiary/aromatic N) is 1. The van der Waals surface area contributed by atoms with Crippen LogP contribution in [0.2, 0.25) is 20.1 Å². The van der Waals surface area contributed by atoms with Gasteiger partial charge in [-0.1, -0.05) is 52.5 Å². The molecule has 0 bridgehead atoms. The van der Waals surface area contributed by atoms with Gasteiger partial charge < -0.3 is 5.32 Å². The zero-order valence-corrected chi connectivity index (χ0v) is 14.4. The second-order valence-electron chi connectivity index (χ2n) is 4.38. The van der Waals surface area contributed by atoms with Gasteiger partial charge in [0, 0.05) is 20.6 Å². The van der Waals surface area contributed by atoms with Crippen LogP contribution in [0.15, 0.2) is 42.0 Å². The van der Waals surface area contributed by atoms with E-state index in [0.717, 1.165) is 0 Å².